The number of aryl methyl sites for hydroxylation is 3. The Labute approximate surface area is 192 Å². The molecule has 0 aliphatic carbocycles. The number of hydrogen-bond acceptors (Lipinski definition) is 7. The molecule has 33 heavy (non-hydrogen) atoms. The molecule has 0 saturated heterocycles. The van der Waals surface area contributed by atoms with Crippen molar-refractivity contribution in [2.45, 2.75) is 47.0 Å². The molecular formula is C25H28N6O2. The molecule has 4 heterocycles. The molecule has 2 N–H and O–H groups in total. The molecule has 8 nitrogen and oxygen atoms in total. The van der Waals surface area contributed by atoms with Crippen LogP contribution in [0.5, 0.6) is 5.75 Å². The highest BCUT2D eigenvalue weighted by Gasteiger charge is 2.21. The first-order valence-electron chi connectivity index (χ1n) is 11.3. The first kappa shape index (κ1) is 21.2. The second-order valence-electron chi connectivity index (χ2n) is 8.56. The second kappa shape index (κ2) is 8.35. The minimum absolute atomic E-state index is 0.495. The molecule has 0 radical (unpaired) electrons. The van der Waals surface area contributed by atoms with E-state index < -0.39 is 0 Å². The van der Waals surface area contributed by atoms with Crippen molar-refractivity contribution in [2.24, 2.45) is 10.9 Å². The van der Waals surface area contributed by atoms with Crippen LogP contribution in [0.1, 0.15) is 43.5 Å². The van der Waals surface area contributed by atoms with Crippen LogP contribution in [0.2, 0.25) is 0 Å². The highest BCUT2D eigenvalue weighted by atomic mass is 16.5. The van der Waals surface area contributed by atoms with Crippen LogP contribution in [0.4, 0.5) is 5.82 Å². The number of hydrogen-bond donors (Lipinski definition) is 2. The van der Waals surface area contributed by atoms with E-state index in [1.807, 2.05) is 33.0 Å². The number of benzene rings is 1. The summed E-state index contributed by atoms with van der Waals surface area (Å²) >= 11 is 0. The van der Waals surface area contributed by atoms with Gasteiger partial charge in [0.1, 0.15) is 34.6 Å². The maximum Gasteiger partial charge on any atom is 0.145 e. The van der Waals surface area contributed by atoms with Crippen molar-refractivity contribution >= 4 is 33.6 Å². The zero-order valence-corrected chi connectivity index (χ0v) is 19.6. The molecule has 1 aliphatic heterocycles. The minimum atomic E-state index is 0.495. The average molecular weight is 445 g/mol. The van der Waals surface area contributed by atoms with E-state index in [0.29, 0.717) is 11.7 Å². The Morgan fingerprint density at radius 3 is 2.79 bits per heavy atom. The van der Waals surface area contributed by atoms with Crippen molar-refractivity contribution in [1.82, 2.24) is 20.1 Å². The third kappa shape index (κ3) is 3.75. The van der Waals surface area contributed by atoms with Gasteiger partial charge in [0.2, 0.25) is 0 Å². The molecule has 3 aromatic heterocycles. The maximum absolute atomic E-state index is 5.78. The largest absolute Gasteiger partial charge is 0.496 e. The third-order valence-electron chi connectivity index (χ3n) is 6.15. The van der Waals surface area contributed by atoms with Gasteiger partial charge in [-0.2, -0.15) is 0 Å². The molecule has 8 heteroatoms. The Bertz CT molecular complexity index is 1390. The minimum Gasteiger partial charge on any atom is -0.496 e. The van der Waals surface area contributed by atoms with Crippen LogP contribution >= 0.6 is 0 Å². The first-order chi connectivity index (χ1) is 16.0. The van der Waals surface area contributed by atoms with Gasteiger partial charge >= 0.3 is 0 Å². The lowest BCUT2D eigenvalue weighted by Gasteiger charge is -2.18. The molecule has 0 spiro atoms. The topological polar surface area (TPSA) is 101 Å². The number of allylic oxidation sites excluding steroid dienone is 1. The Morgan fingerprint density at radius 1 is 1.21 bits per heavy atom. The summed E-state index contributed by atoms with van der Waals surface area (Å²) in [4.78, 5) is 17.4. The highest BCUT2D eigenvalue weighted by molar-refractivity contribution is 6.15. The number of rotatable bonds is 5. The molecule has 0 saturated carbocycles. The number of fused-ring (bicyclic) bond motifs is 3. The van der Waals surface area contributed by atoms with E-state index >= 15 is 0 Å². The predicted octanol–water partition coefficient (Wildman–Crippen LogP) is 5.84. The molecular weight excluding hydrogens is 416 g/mol. The van der Waals surface area contributed by atoms with Crippen molar-refractivity contribution in [1.29, 1.82) is 0 Å². The molecule has 0 amide bonds. The normalized spacial score (nSPS) is 15.9. The zero-order chi connectivity index (χ0) is 23.1. The maximum atomic E-state index is 5.78. The summed E-state index contributed by atoms with van der Waals surface area (Å²) in [5.41, 5.74) is 4.41. The molecule has 170 valence electrons. The summed E-state index contributed by atoms with van der Waals surface area (Å²) in [5.74, 6) is 4.35. The lowest BCUT2D eigenvalue weighted by molar-refractivity contribution is 0.393. The number of nitrogens with zero attached hydrogens (tertiary/aromatic N) is 4. The van der Waals surface area contributed by atoms with Crippen LogP contribution in [-0.4, -0.2) is 33.1 Å². The van der Waals surface area contributed by atoms with Gasteiger partial charge in [0.25, 0.3) is 0 Å². The Morgan fingerprint density at radius 2 is 2.06 bits per heavy atom. The number of anilines is 1. The Kier molecular flexibility index (Phi) is 5.36. The van der Waals surface area contributed by atoms with E-state index in [0.717, 1.165) is 81.2 Å². The molecule has 1 aliphatic rings. The molecule has 4 aromatic rings. The van der Waals surface area contributed by atoms with Crippen LogP contribution in [0, 0.1) is 26.7 Å². The van der Waals surface area contributed by atoms with E-state index in [4.69, 9.17) is 14.2 Å². The van der Waals surface area contributed by atoms with Gasteiger partial charge in [-0.25, -0.2) is 15.0 Å². The van der Waals surface area contributed by atoms with Gasteiger partial charge in [-0.05, 0) is 45.2 Å². The predicted molar refractivity (Wildman–Crippen MR) is 131 cm³/mol. The van der Waals surface area contributed by atoms with Gasteiger partial charge in [0, 0.05) is 29.1 Å². The Hall–Kier alpha value is -3.68. The van der Waals surface area contributed by atoms with Gasteiger partial charge < -0.3 is 19.6 Å². The molecule has 1 aromatic carbocycles. The monoisotopic (exact) mass is 444 g/mol. The van der Waals surface area contributed by atoms with Crippen LogP contribution in [0.15, 0.2) is 33.9 Å². The number of H-pyrrole nitrogens is 1. The van der Waals surface area contributed by atoms with Gasteiger partial charge in [-0.15, -0.1) is 0 Å². The summed E-state index contributed by atoms with van der Waals surface area (Å²) in [5, 5.41) is 9.50. The van der Waals surface area contributed by atoms with E-state index in [-0.39, 0.29) is 0 Å². The number of aliphatic imine (C=N–C) groups is 1. The molecule has 0 bridgehead atoms. The standard InChI is InChI=1S/C25H28N6O2/c1-6-7-16-8-9-26-21(10-16)30-25-23-17-12-20(32-5)18(22-13(2)31-33-14(22)3)11-19(17)29-24(23)27-15(4)28-25/h8-9,11-12,16H,6-7,10H2,1-5H3,(H2,26,27,28,29,30). The van der Waals surface area contributed by atoms with Crippen molar-refractivity contribution in [2.75, 3.05) is 12.4 Å². The van der Waals surface area contributed by atoms with Crippen LogP contribution in [-0.2, 0) is 0 Å². The number of aromatic amines is 1. The number of methoxy groups -OCH3 is 1. The van der Waals surface area contributed by atoms with Gasteiger partial charge in [0.05, 0.1) is 23.8 Å². The lowest BCUT2D eigenvalue weighted by atomic mass is 9.97. The van der Waals surface area contributed by atoms with Crippen molar-refractivity contribution in [3.8, 4) is 16.9 Å². The number of nitrogens with one attached hydrogen (secondary N) is 2. The average Bonchev–Trinajstić information content (AvgIpc) is 3.31. The Balaban J connectivity index is 1.65. The fourth-order valence-electron chi connectivity index (χ4n) is 4.67. The van der Waals surface area contributed by atoms with Gasteiger partial charge in [0.15, 0.2) is 0 Å². The van der Waals surface area contributed by atoms with Crippen molar-refractivity contribution < 1.29 is 9.26 Å². The fraction of sp³-hybridized carbons (Fsp3) is 0.360. The summed E-state index contributed by atoms with van der Waals surface area (Å²) in [6.45, 7) is 7.95. The van der Waals surface area contributed by atoms with Crippen molar-refractivity contribution in [3.05, 3.63) is 41.7 Å². The number of amidine groups is 1. The lowest BCUT2D eigenvalue weighted by Crippen LogP contribution is -2.19. The van der Waals surface area contributed by atoms with E-state index in [2.05, 4.69) is 44.5 Å². The highest BCUT2D eigenvalue weighted by Crippen LogP contribution is 2.40. The summed E-state index contributed by atoms with van der Waals surface area (Å²) in [6, 6.07) is 4.10. The smallest absolute Gasteiger partial charge is 0.145 e. The first-order valence-corrected chi connectivity index (χ1v) is 11.3. The van der Waals surface area contributed by atoms with Crippen LogP contribution < -0.4 is 10.1 Å². The quantitative estimate of drug-likeness (QED) is 0.401. The third-order valence-corrected chi connectivity index (χ3v) is 6.15. The molecule has 5 rings (SSSR count). The second-order valence-corrected chi connectivity index (χ2v) is 8.56. The van der Waals surface area contributed by atoms with Gasteiger partial charge in [-0.3, -0.25) is 0 Å². The molecule has 0 fully saturated rings. The van der Waals surface area contributed by atoms with Crippen LogP contribution in [0.3, 0.4) is 0 Å². The SMILES string of the molecule is CCCC1C=CN=C(Nc2nc(C)nc3[nH]c4cc(-c5c(C)noc5C)c(OC)cc4c23)C1. The number of ether oxygens (including phenoxy) is 1. The van der Waals surface area contributed by atoms with E-state index in [9.17, 15) is 0 Å². The zero-order valence-electron chi connectivity index (χ0n) is 19.6. The summed E-state index contributed by atoms with van der Waals surface area (Å²) in [6.07, 6.45) is 7.24. The summed E-state index contributed by atoms with van der Waals surface area (Å²) in [7, 11) is 1.68. The fourth-order valence-corrected chi connectivity index (χ4v) is 4.67. The van der Waals surface area contributed by atoms with Crippen molar-refractivity contribution in [3.63, 3.8) is 0 Å². The van der Waals surface area contributed by atoms with Gasteiger partial charge in [-0.1, -0.05) is 24.6 Å². The molecule has 1 unspecified atom stereocenters. The summed E-state index contributed by atoms with van der Waals surface area (Å²) < 4.78 is 11.2. The van der Waals surface area contributed by atoms with E-state index in [1.165, 1.54) is 0 Å². The van der Waals surface area contributed by atoms with E-state index in [1.54, 1.807) is 7.11 Å². The number of aromatic nitrogens is 4. The molecule has 1 atom stereocenters. The van der Waals surface area contributed by atoms with Crippen LogP contribution in [0.25, 0.3) is 33.1 Å².